The van der Waals surface area contributed by atoms with Crippen LogP contribution in [-0.4, -0.2) is 92.0 Å². The summed E-state index contributed by atoms with van der Waals surface area (Å²) < 4.78 is 13.2. The van der Waals surface area contributed by atoms with Crippen molar-refractivity contribution in [2.45, 2.75) is 258 Å². The quantitative estimate of drug-likeness (QED) is 0.107. The maximum absolute atomic E-state index is 11.0. The second-order valence-electron chi connectivity index (χ2n) is 30.7. The third kappa shape index (κ3) is 9.49. The summed E-state index contributed by atoms with van der Waals surface area (Å²) in [6, 6.07) is 0.705. The molecule has 0 aromatic carbocycles. The molecule has 0 aromatic heterocycles. The average Bonchev–Trinajstić information content (AvgIpc) is 4.15. The molecule has 12 unspecified atom stereocenters. The average molecular weight is 1100 g/mol. The van der Waals surface area contributed by atoms with Crippen LogP contribution in [0.5, 0.6) is 0 Å². The Morgan fingerprint density at radius 1 is 0.442 bits per heavy atom. The molecule has 12 heteroatoms. The molecule has 1 heterocycles. The van der Waals surface area contributed by atoms with Gasteiger partial charge >= 0.3 is 0 Å². The second kappa shape index (κ2) is 21.0. The first kappa shape index (κ1) is 60.2. The zero-order valence-electron chi connectivity index (χ0n) is 49.2. The third-order valence-electron chi connectivity index (χ3n) is 27.0. The zero-order valence-corrected chi connectivity index (χ0v) is 50.0. The molecule has 12 saturated carbocycles. The number of halogens is 1. The number of aliphatic carboxylic acids is 1. The number of aliphatic hydroxyl groups is 4. The number of allylic oxidation sites excluding steroid dienone is 3. The van der Waals surface area contributed by atoms with Crippen molar-refractivity contribution < 1.29 is 39.8 Å². The van der Waals surface area contributed by atoms with E-state index in [0.717, 1.165) is 83.5 Å². The molecule has 0 bridgehead atoms. The van der Waals surface area contributed by atoms with E-state index in [-0.39, 0.29) is 82.0 Å². The van der Waals surface area contributed by atoms with Gasteiger partial charge in [-0.2, -0.15) is 0 Å². The molecule has 11 nitrogen and oxygen atoms in total. The SMILES string of the molecule is C=C1CCC2C3C(CC[C@]12C)[C@@]1(C)CC[C@@H](N)CC1[C@@H](O)[C@@H]3O.C=C1CCC2C3C(CC[C@]12C)[C@@]1(C)CC[C@@H](N)CC1[C@@H](O)[C@@H]3O.C=C1CCC2C3C(CC[C@]12C)[C@@]1(C)CC[C@@H](N)CC1[C@H]1OC(C)(C)O[C@H]31.CC(=O)O.Cl. The molecule has 13 aliphatic rings. The number of carboxylic acid groups (broad SMARTS) is 1. The number of hydrogen-bond acceptors (Lipinski definition) is 10. The number of fused-ring (bicyclic) bond motifs is 18. The highest BCUT2D eigenvalue weighted by molar-refractivity contribution is 5.85. The van der Waals surface area contributed by atoms with Gasteiger partial charge in [-0.1, -0.05) is 78.0 Å². The fourth-order valence-electron chi connectivity index (χ4n) is 22.5. The number of rotatable bonds is 0. The fourth-order valence-corrected chi connectivity index (χ4v) is 22.5. The highest BCUT2D eigenvalue weighted by atomic mass is 35.5. The maximum Gasteiger partial charge on any atom is 0.300 e. The second-order valence-corrected chi connectivity index (χ2v) is 30.7. The van der Waals surface area contributed by atoms with Crippen LogP contribution < -0.4 is 17.2 Å². The summed E-state index contributed by atoms with van der Waals surface area (Å²) in [4.78, 5) is 9.00. The van der Waals surface area contributed by atoms with Crippen LogP contribution in [0.15, 0.2) is 36.5 Å². The van der Waals surface area contributed by atoms with Gasteiger partial charge in [-0.15, -0.1) is 12.4 Å². The van der Waals surface area contributed by atoms with E-state index in [1.807, 2.05) is 0 Å². The minimum absolute atomic E-state index is 0. The van der Waals surface area contributed by atoms with Crippen molar-refractivity contribution in [2.24, 2.45) is 121 Å². The molecule has 27 atom stereocenters. The Morgan fingerprint density at radius 3 is 1.10 bits per heavy atom. The van der Waals surface area contributed by atoms with Crippen LogP contribution in [0.4, 0.5) is 0 Å². The summed E-state index contributed by atoms with van der Waals surface area (Å²) in [5, 5.41) is 51.4. The summed E-state index contributed by atoms with van der Waals surface area (Å²) in [6.45, 7) is 33.0. The van der Waals surface area contributed by atoms with E-state index in [9.17, 15) is 20.4 Å². The van der Waals surface area contributed by atoms with Crippen LogP contribution in [0.2, 0.25) is 0 Å². The lowest BCUT2D eigenvalue weighted by Gasteiger charge is -2.63. The molecule has 11 N–H and O–H groups in total. The summed E-state index contributed by atoms with van der Waals surface area (Å²) in [5.41, 5.74) is 24.4. The summed E-state index contributed by atoms with van der Waals surface area (Å²) >= 11 is 0. The Kier molecular flexibility index (Phi) is 16.5. The number of nitrogens with two attached hydrogens (primary N) is 3. The van der Waals surface area contributed by atoms with Gasteiger partial charge in [-0.3, -0.25) is 4.79 Å². The largest absolute Gasteiger partial charge is 0.481 e. The molecular weight excluding hydrogens is 986 g/mol. The number of aliphatic hydroxyl groups excluding tert-OH is 4. The number of ether oxygens (including phenoxy) is 2. The predicted octanol–water partition coefficient (Wildman–Crippen LogP) is 10.9. The van der Waals surface area contributed by atoms with E-state index in [4.69, 9.17) is 36.6 Å². The third-order valence-corrected chi connectivity index (χ3v) is 27.0. The van der Waals surface area contributed by atoms with E-state index >= 15 is 0 Å². The Hall–Kier alpha value is -1.38. The zero-order chi connectivity index (χ0) is 55.2. The van der Waals surface area contributed by atoms with Gasteiger partial charge in [0.1, 0.15) is 0 Å². The van der Waals surface area contributed by atoms with E-state index in [2.05, 4.69) is 75.1 Å². The van der Waals surface area contributed by atoms with Gasteiger partial charge in [0.25, 0.3) is 5.97 Å². The summed E-state index contributed by atoms with van der Waals surface area (Å²) in [5.74, 6) is 4.18. The van der Waals surface area contributed by atoms with Gasteiger partial charge in [-0.25, -0.2) is 0 Å². The number of carbonyl (C=O) groups is 1. The lowest BCUT2D eigenvalue weighted by Crippen LogP contribution is -2.64. The van der Waals surface area contributed by atoms with Gasteiger partial charge in [-0.05, 0) is 252 Å². The monoisotopic (exact) mass is 1090 g/mol. The molecule has 438 valence electrons. The predicted molar refractivity (Wildman–Crippen MR) is 307 cm³/mol. The molecular formula is C65H108ClN3O8. The minimum Gasteiger partial charge on any atom is -0.481 e. The first-order valence-electron chi connectivity index (χ1n) is 31.1. The molecule has 0 spiro atoms. The molecule has 1 aliphatic heterocycles. The minimum atomic E-state index is -0.833. The van der Waals surface area contributed by atoms with Crippen LogP contribution in [0.1, 0.15) is 197 Å². The first-order valence-corrected chi connectivity index (χ1v) is 31.1. The Bertz CT molecular complexity index is 2150. The molecule has 12 aliphatic carbocycles. The van der Waals surface area contributed by atoms with Crippen LogP contribution in [-0.2, 0) is 14.3 Å². The molecule has 0 radical (unpaired) electrons. The highest BCUT2D eigenvalue weighted by Gasteiger charge is 2.69. The summed E-state index contributed by atoms with van der Waals surface area (Å²) in [6.07, 6.45) is 22.0. The van der Waals surface area contributed by atoms with Gasteiger partial charge < -0.3 is 52.2 Å². The molecule has 0 amide bonds. The van der Waals surface area contributed by atoms with Crippen LogP contribution in [0, 0.1) is 104 Å². The first-order chi connectivity index (χ1) is 35.5. The van der Waals surface area contributed by atoms with E-state index in [1.54, 1.807) is 0 Å². The van der Waals surface area contributed by atoms with Crippen molar-refractivity contribution >= 4 is 18.4 Å². The van der Waals surface area contributed by atoms with E-state index in [1.165, 1.54) is 80.9 Å². The van der Waals surface area contributed by atoms with Gasteiger partial charge in [0.2, 0.25) is 0 Å². The van der Waals surface area contributed by atoms with Gasteiger partial charge in [0, 0.05) is 25.0 Å². The van der Waals surface area contributed by atoms with Crippen molar-refractivity contribution in [2.75, 3.05) is 0 Å². The number of hydrogen-bond donors (Lipinski definition) is 8. The topological polar surface area (TPSA) is 215 Å². The van der Waals surface area contributed by atoms with Crippen LogP contribution in [0.25, 0.3) is 0 Å². The number of carboxylic acids is 1. The molecule has 77 heavy (non-hydrogen) atoms. The standard InChI is InChI=1S/C23H37NO2.2C20H33NO2.C2H4O2.ClH/c1-13-6-7-15-18-16(9-11-22(13,15)4)23(5)10-8-14(24)12-17(23)19-20(18)26-21(2,3)25-19;2*1-11-4-5-13-16-14(7-9-19(11,13)2)20(3)8-6-12(21)10-15(20)17(22)18(16)23;1-2(3)4;/h14-20H,1,6-12,24H2,2-5H3;2*12-18,22-23H,1,4-10,21H2,2-3H3;1H3,(H,3,4);1H/t14-,15?,16?,17?,18?,19-,20-,22-,23-;2*12-,13?,14?,15?,16?,17-,18-,19-,20-;;/m111../s1. The smallest absolute Gasteiger partial charge is 0.300 e. The summed E-state index contributed by atoms with van der Waals surface area (Å²) in [7, 11) is 0. The lowest BCUT2D eigenvalue weighted by atomic mass is 9.43. The van der Waals surface area contributed by atoms with E-state index in [0.29, 0.717) is 58.3 Å². The Labute approximate surface area is 471 Å². The van der Waals surface area contributed by atoms with Crippen molar-refractivity contribution in [3.8, 4) is 0 Å². The highest BCUT2D eigenvalue weighted by Crippen LogP contribution is 2.71. The van der Waals surface area contributed by atoms with Crippen molar-refractivity contribution in [1.82, 2.24) is 0 Å². The molecule has 0 aromatic rings. The Balaban J connectivity index is 0.000000135. The fraction of sp³-hybridized carbons (Fsp3) is 0.892. The maximum atomic E-state index is 11.0. The lowest BCUT2D eigenvalue weighted by molar-refractivity contribution is -0.210. The van der Waals surface area contributed by atoms with Gasteiger partial charge in [0.15, 0.2) is 5.79 Å². The normalized spacial score (nSPS) is 55.2. The van der Waals surface area contributed by atoms with Crippen molar-refractivity contribution in [3.05, 3.63) is 36.5 Å². The molecule has 13 fully saturated rings. The molecule has 13 rings (SSSR count). The van der Waals surface area contributed by atoms with Crippen LogP contribution in [0.3, 0.4) is 0 Å². The van der Waals surface area contributed by atoms with Crippen LogP contribution >= 0.6 is 12.4 Å². The van der Waals surface area contributed by atoms with Gasteiger partial charge in [0.05, 0.1) is 36.6 Å². The Morgan fingerprint density at radius 2 is 0.740 bits per heavy atom. The van der Waals surface area contributed by atoms with Crippen molar-refractivity contribution in [1.29, 1.82) is 0 Å². The van der Waals surface area contributed by atoms with Crippen molar-refractivity contribution in [3.63, 3.8) is 0 Å². The van der Waals surface area contributed by atoms with E-state index < -0.39 is 36.2 Å². The molecule has 1 saturated heterocycles.